The Kier molecular flexibility index (Phi) is 6.43. The van der Waals surface area contributed by atoms with Gasteiger partial charge in [-0.2, -0.15) is 13.2 Å². The fraction of sp³-hybridized carbons (Fsp3) is 0.250. The van der Waals surface area contributed by atoms with Crippen molar-refractivity contribution in [3.8, 4) is 0 Å². The van der Waals surface area contributed by atoms with E-state index in [1.807, 2.05) is 5.32 Å². The van der Waals surface area contributed by atoms with Gasteiger partial charge >= 0.3 is 18.1 Å². The van der Waals surface area contributed by atoms with Gasteiger partial charge in [0.05, 0.1) is 24.2 Å². The van der Waals surface area contributed by atoms with Crippen LogP contribution >= 0.6 is 12.4 Å². The first-order chi connectivity index (χ1) is 11.6. The van der Waals surface area contributed by atoms with Crippen molar-refractivity contribution in [3.05, 3.63) is 58.2 Å². The van der Waals surface area contributed by atoms with Crippen LogP contribution in [0.15, 0.2) is 46.8 Å². The molecule has 1 aliphatic heterocycles. The molecule has 0 amide bonds. The van der Waals surface area contributed by atoms with Crippen LogP contribution in [0, 0.1) is 5.82 Å². The first kappa shape index (κ1) is 21.5. The van der Waals surface area contributed by atoms with E-state index >= 15 is 0 Å². The molecule has 0 bridgehead atoms. The van der Waals surface area contributed by atoms with Gasteiger partial charge in [0.2, 0.25) is 0 Å². The smallest absolute Gasteiger partial charge is 0.431 e. The topological polar surface area (TPSA) is 75.6 Å². The molecule has 1 heterocycles. The fourth-order valence-electron chi connectivity index (χ4n) is 2.68. The molecule has 1 aromatic carbocycles. The summed E-state index contributed by atoms with van der Waals surface area (Å²) in [5, 5.41) is 11.3. The maximum atomic E-state index is 13.6. The number of carboxylic acids is 1. The van der Waals surface area contributed by atoms with E-state index in [4.69, 9.17) is 0 Å². The van der Waals surface area contributed by atoms with E-state index in [1.165, 1.54) is 12.1 Å². The van der Waals surface area contributed by atoms with Crippen LogP contribution in [0.5, 0.6) is 0 Å². The molecule has 1 unspecified atom stereocenters. The van der Waals surface area contributed by atoms with Crippen molar-refractivity contribution in [2.24, 2.45) is 0 Å². The molecular formula is C16H14ClF4NO4. The number of rotatable bonds is 3. The SMILES string of the molecule is COC(=O)C1=C(C(F)(F)F)NC(C)=C(C(=O)O)C1c1cccc(F)c1.Cl. The number of carboxylic acid groups (broad SMARTS) is 1. The summed E-state index contributed by atoms with van der Waals surface area (Å²) in [5.41, 5.74) is -3.29. The van der Waals surface area contributed by atoms with Crippen molar-refractivity contribution in [1.82, 2.24) is 5.32 Å². The number of hydrogen-bond donors (Lipinski definition) is 2. The van der Waals surface area contributed by atoms with E-state index in [1.54, 1.807) is 0 Å². The van der Waals surface area contributed by atoms with E-state index in [-0.39, 0.29) is 23.7 Å². The van der Waals surface area contributed by atoms with Crippen LogP contribution in [0.4, 0.5) is 17.6 Å². The number of allylic oxidation sites excluding steroid dienone is 2. The number of benzene rings is 1. The summed E-state index contributed by atoms with van der Waals surface area (Å²) < 4.78 is 58.1. The fourth-order valence-corrected chi connectivity index (χ4v) is 2.68. The van der Waals surface area contributed by atoms with Gasteiger partial charge in [-0.05, 0) is 24.6 Å². The molecule has 142 valence electrons. The molecule has 1 aliphatic rings. The van der Waals surface area contributed by atoms with Crippen molar-refractivity contribution < 1.29 is 37.0 Å². The Morgan fingerprint density at radius 2 is 1.85 bits per heavy atom. The largest absolute Gasteiger partial charge is 0.478 e. The van der Waals surface area contributed by atoms with Crippen molar-refractivity contribution >= 4 is 24.3 Å². The summed E-state index contributed by atoms with van der Waals surface area (Å²) in [4.78, 5) is 23.6. The minimum Gasteiger partial charge on any atom is -0.478 e. The predicted octanol–water partition coefficient (Wildman–Crippen LogP) is 3.28. The summed E-state index contributed by atoms with van der Waals surface area (Å²) in [7, 11) is 0.873. The van der Waals surface area contributed by atoms with Gasteiger partial charge in [-0.25, -0.2) is 14.0 Å². The van der Waals surface area contributed by atoms with Gasteiger partial charge < -0.3 is 15.2 Å². The van der Waals surface area contributed by atoms with E-state index in [0.29, 0.717) is 0 Å². The Bertz CT molecular complexity index is 802. The van der Waals surface area contributed by atoms with E-state index in [2.05, 4.69) is 4.74 Å². The summed E-state index contributed by atoms with van der Waals surface area (Å²) >= 11 is 0. The maximum Gasteiger partial charge on any atom is 0.431 e. The van der Waals surface area contributed by atoms with Crippen LogP contribution in [0.3, 0.4) is 0 Å². The van der Waals surface area contributed by atoms with Crippen molar-refractivity contribution in [1.29, 1.82) is 0 Å². The lowest BCUT2D eigenvalue weighted by atomic mass is 9.80. The van der Waals surface area contributed by atoms with Crippen molar-refractivity contribution in [2.75, 3.05) is 7.11 Å². The van der Waals surface area contributed by atoms with Gasteiger partial charge in [-0.3, -0.25) is 0 Å². The lowest BCUT2D eigenvalue weighted by Gasteiger charge is -2.31. The Morgan fingerprint density at radius 1 is 1.23 bits per heavy atom. The highest BCUT2D eigenvalue weighted by Crippen LogP contribution is 2.43. The van der Waals surface area contributed by atoms with Gasteiger partial charge in [-0.15, -0.1) is 12.4 Å². The number of esters is 1. The zero-order chi connectivity index (χ0) is 18.9. The van der Waals surface area contributed by atoms with Crippen LogP contribution in [-0.2, 0) is 14.3 Å². The summed E-state index contributed by atoms with van der Waals surface area (Å²) in [6, 6.07) is 4.38. The number of carbonyl (C=O) groups excluding carboxylic acids is 1. The normalized spacial score (nSPS) is 17.4. The van der Waals surface area contributed by atoms with Crippen LogP contribution in [0.25, 0.3) is 0 Å². The van der Waals surface area contributed by atoms with Crippen LogP contribution in [-0.4, -0.2) is 30.3 Å². The molecule has 5 nitrogen and oxygen atoms in total. The molecule has 1 aromatic rings. The number of alkyl halides is 3. The number of hydrogen-bond acceptors (Lipinski definition) is 4. The summed E-state index contributed by atoms with van der Waals surface area (Å²) in [6.07, 6.45) is -4.97. The van der Waals surface area contributed by atoms with Crippen LogP contribution in [0.2, 0.25) is 0 Å². The summed E-state index contributed by atoms with van der Waals surface area (Å²) in [5.74, 6) is -5.32. The van der Waals surface area contributed by atoms with Gasteiger partial charge in [0.1, 0.15) is 11.5 Å². The highest BCUT2D eigenvalue weighted by atomic mass is 35.5. The third kappa shape index (κ3) is 3.98. The van der Waals surface area contributed by atoms with Gasteiger partial charge in [0, 0.05) is 5.70 Å². The van der Waals surface area contributed by atoms with Crippen molar-refractivity contribution in [2.45, 2.75) is 19.0 Å². The molecule has 0 radical (unpaired) electrons. The molecule has 0 aromatic heterocycles. The van der Waals surface area contributed by atoms with Gasteiger partial charge in [0.15, 0.2) is 0 Å². The monoisotopic (exact) mass is 395 g/mol. The Labute approximate surface area is 151 Å². The van der Waals surface area contributed by atoms with Crippen molar-refractivity contribution in [3.63, 3.8) is 0 Å². The average molecular weight is 396 g/mol. The number of aliphatic carboxylic acids is 1. The highest BCUT2D eigenvalue weighted by Gasteiger charge is 2.47. The number of dihydropyridines is 1. The lowest BCUT2D eigenvalue weighted by molar-refractivity contribution is -0.138. The third-order valence-electron chi connectivity index (χ3n) is 3.66. The number of methoxy groups -OCH3 is 1. The first-order valence-corrected chi connectivity index (χ1v) is 6.94. The number of carbonyl (C=O) groups is 2. The number of ether oxygens (including phenoxy) is 1. The Balaban J connectivity index is 0.00000338. The first-order valence-electron chi connectivity index (χ1n) is 6.94. The lowest BCUT2D eigenvalue weighted by Crippen LogP contribution is -2.38. The second kappa shape index (κ2) is 7.77. The molecule has 26 heavy (non-hydrogen) atoms. The molecule has 0 fully saturated rings. The minimum absolute atomic E-state index is 0. The van der Waals surface area contributed by atoms with Gasteiger partial charge in [0.25, 0.3) is 0 Å². The zero-order valence-corrected chi connectivity index (χ0v) is 14.3. The van der Waals surface area contributed by atoms with E-state index < -0.39 is 46.7 Å². The summed E-state index contributed by atoms with van der Waals surface area (Å²) in [6.45, 7) is 1.13. The molecular weight excluding hydrogens is 382 g/mol. The molecule has 0 saturated carbocycles. The van der Waals surface area contributed by atoms with Crippen LogP contribution < -0.4 is 5.32 Å². The van der Waals surface area contributed by atoms with E-state index in [9.17, 15) is 32.3 Å². The van der Waals surface area contributed by atoms with Gasteiger partial charge in [-0.1, -0.05) is 12.1 Å². The predicted molar refractivity (Wildman–Crippen MR) is 85.0 cm³/mol. The molecule has 2 N–H and O–H groups in total. The highest BCUT2D eigenvalue weighted by molar-refractivity contribution is 5.99. The van der Waals surface area contributed by atoms with Crippen LogP contribution in [0.1, 0.15) is 18.4 Å². The number of nitrogens with one attached hydrogen (secondary N) is 1. The quantitative estimate of drug-likeness (QED) is 0.607. The maximum absolute atomic E-state index is 13.6. The molecule has 10 heteroatoms. The third-order valence-corrected chi connectivity index (χ3v) is 3.66. The number of halogens is 5. The molecule has 0 saturated heterocycles. The van der Waals surface area contributed by atoms with E-state index in [0.717, 1.165) is 26.2 Å². The molecule has 0 spiro atoms. The molecule has 1 atom stereocenters. The standard InChI is InChI=1S/C16H13F4NO4.ClH/c1-7-10(14(22)23)11(8-4-3-5-9(17)6-8)12(15(24)25-2)13(21-7)16(18,19)20;/h3-6,11,21H,1-2H3,(H,22,23);1H. The molecule has 2 rings (SSSR count). The second-order valence-corrected chi connectivity index (χ2v) is 5.23. The zero-order valence-electron chi connectivity index (χ0n) is 13.5. The Hall–Kier alpha value is -2.55. The minimum atomic E-state index is -4.97. The average Bonchev–Trinajstić information content (AvgIpc) is 2.51. The molecule has 0 aliphatic carbocycles. The Morgan fingerprint density at radius 3 is 2.31 bits per heavy atom. The second-order valence-electron chi connectivity index (χ2n) is 5.23.